The van der Waals surface area contributed by atoms with Crippen LogP contribution in [0.4, 0.5) is 11.8 Å². The lowest BCUT2D eigenvalue weighted by Crippen LogP contribution is -2.41. The van der Waals surface area contributed by atoms with Crippen LogP contribution in [0.3, 0.4) is 0 Å². The highest BCUT2D eigenvalue weighted by atomic mass is 31.2. The van der Waals surface area contributed by atoms with E-state index in [4.69, 9.17) is 15.5 Å². The number of para-hydroxylation sites is 1. The van der Waals surface area contributed by atoms with Gasteiger partial charge in [-0.15, -0.1) is 5.10 Å². The van der Waals surface area contributed by atoms with Crippen molar-refractivity contribution in [1.29, 1.82) is 0 Å². The van der Waals surface area contributed by atoms with Crippen LogP contribution in [0.2, 0.25) is 0 Å². The fourth-order valence-electron chi connectivity index (χ4n) is 5.42. The van der Waals surface area contributed by atoms with E-state index in [2.05, 4.69) is 46.9 Å². The molecular formula is C30H50N11O4P. The first-order chi connectivity index (χ1) is 22.3. The third-order valence-electron chi connectivity index (χ3n) is 7.95. The summed E-state index contributed by atoms with van der Waals surface area (Å²) in [6, 6.07) is 7.65. The monoisotopic (exact) mass is 659 g/mol. The highest BCUT2D eigenvalue weighted by molar-refractivity contribution is 7.51. The van der Waals surface area contributed by atoms with Gasteiger partial charge in [0.2, 0.25) is 11.9 Å². The van der Waals surface area contributed by atoms with Crippen molar-refractivity contribution in [2.24, 2.45) is 5.73 Å². The van der Waals surface area contributed by atoms with Crippen molar-refractivity contribution in [2.75, 3.05) is 49.5 Å². The van der Waals surface area contributed by atoms with Crippen molar-refractivity contribution in [3.05, 3.63) is 36.2 Å². The highest BCUT2D eigenvalue weighted by Crippen LogP contribution is 2.32. The number of amides is 1. The Labute approximate surface area is 270 Å². The van der Waals surface area contributed by atoms with Gasteiger partial charge in [-0.3, -0.25) is 14.0 Å². The number of carbonyl (C=O) groups is 1. The number of nitrogens with one attached hydrogen (secondary N) is 5. The van der Waals surface area contributed by atoms with Gasteiger partial charge in [0.25, 0.3) is 0 Å². The lowest BCUT2D eigenvalue weighted by Gasteiger charge is -2.22. The van der Waals surface area contributed by atoms with Gasteiger partial charge in [-0.05, 0) is 70.3 Å². The van der Waals surface area contributed by atoms with Crippen molar-refractivity contribution in [3.8, 4) is 0 Å². The molecule has 1 atom stereocenters. The van der Waals surface area contributed by atoms with E-state index in [0.717, 1.165) is 61.7 Å². The SMILES string of the molecule is N[C@@H](CCCNc1nc(NCc2cn(CCCNCCCNC3CCCCC3)nn2)nc2ccccc12)C(=O)NCCP(=O)(O)O. The molecule has 1 aromatic carbocycles. The number of aromatic nitrogens is 5. The average molecular weight is 660 g/mol. The predicted octanol–water partition coefficient (Wildman–Crippen LogP) is 1.94. The van der Waals surface area contributed by atoms with E-state index in [1.165, 1.54) is 32.1 Å². The Balaban J connectivity index is 1.15. The number of carbonyl (C=O) groups excluding carboxylic acids is 1. The van der Waals surface area contributed by atoms with Gasteiger partial charge in [0, 0.05) is 31.1 Å². The highest BCUT2D eigenvalue weighted by Gasteiger charge is 2.17. The maximum atomic E-state index is 12.1. The zero-order valence-corrected chi connectivity index (χ0v) is 27.4. The number of anilines is 2. The predicted molar refractivity (Wildman–Crippen MR) is 179 cm³/mol. The second-order valence-corrected chi connectivity index (χ2v) is 13.6. The van der Waals surface area contributed by atoms with Crippen LogP contribution in [-0.4, -0.2) is 91.6 Å². The smallest absolute Gasteiger partial charge is 0.327 e. The van der Waals surface area contributed by atoms with Crippen LogP contribution in [0.15, 0.2) is 30.5 Å². The van der Waals surface area contributed by atoms with Crippen molar-refractivity contribution >= 4 is 36.2 Å². The maximum absolute atomic E-state index is 12.1. The molecule has 0 radical (unpaired) electrons. The van der Waals surface area contributed by atoms with Gasteiger partial charge in [-0.2, -0.15) is 4.98 Å². The first-order valence-electron chi connectivity index (χ1n) is 16.4. The molecule has 4 rings (SSSR count). The molecule has 46 heavy (non-hydrogen) atoms. The fourth-order valence-corrected chi connectivity index (χ4v) is 5.82. The van der Waals surface area contributed by atoms with Crippen molar-refractivity contribution in [3.63, 3.8) is 0 Å². The first kappa shape index (κ1) is 35.7. The van der Waals surface area contributed by atoms with Crippen molar-refractivity contribution in [1.82, 2.24) is 40.9 Å². The Bertz CT molecular complexity index is 1400. The minimum Gasteiger partial charge on any atom is -0.369 e. The van der Waals surface area contributed by atoms with E-state index < -0.39 is 25.7 Å². The van der Waals surface area contributed by atoms with Gasteiger partial charge in [0.1, 0.15) is 11.5 Å². The lowest BCUT2D eigenvalue weighted by atomic mass is 9.95. The minimum absolute atomic E-state index is 0.121. The standard InChI is InChI=1S/C30H50N11O4P/c31-26(29(42)35-18-20-46(43,44)45)12-6-16-34-28-25-11-4-5-13-27(25)37-30(38-28)36-21-24-22-41(40-39-24)19-8-15-32-14-7-17-33-23-9-2-1-3-10-23/h4-5,11,13,22-23,26,32-33H,1-3,6-10,12,14-21,31H2,(H,35,42)(H2,43,44,45)(H2,34,36,37,38)/t26-/m0/s1. The molecule has 1 aliphatic carbocycles. The summed E-state index contributed by atoms with van der Waals surface area (Å²) in [5, 5.41) is 25.7. The number of benzene rings is 1. The summed E-state index contributed by atoms with van der Waals surface area (Å²) in [7, 11) is -4.17. The largest absolute Gasteiger partial charge is 0.369 e. The van der Waals surface area contributed by atoms with E-state index in [-0.39, 0.29) is 6.54 Å². The number of nitrogens with two attached hydrogens (primary N) is 1. The van der Waals surface area contributed by atoms with Gasteiger partial charge >= 0.3 is 7.60 Å². The van der Waals surface area contributed by atoms with Gasteiger partial charge in [0.05, 0.1) is 30.5 Å². The normalized spacial score (nSPS) is 14.8. The van der Waals surface area contributed by atoms with E-state index in [0.29, 0.717) is 37.7 Å². The molecule has 0 bridgehead atoms. The molecule has 2 aromatic heterocycles. The Morgan fingerprint density at radius 1 is 1.00 bits per heavy atom. The summed E-state index contributed by atoms with van der Waals surface area (Å²) in [4.78, 5) is 39.3. The van der Waals surface area contributed by atoms with Crippen LogP contribution in [0.25, 0.3) is 10.9 Å². The number of fused-ring (bicyclic) bond motifs is 1. The van der Waals surface area contributed by atoms with Gasteiger partial charge in [-0.25, -0.2) is 4.98 Å². The Morgan fingerprint density at radius 2 is 1.80 bits per heavy atom. The molecule has 9 N–H and O–H groups in total. The molecule has 1 aliphatic rings. The minimum atomic E-state index is -4.17. The molecule has 0 spiro atoms. The molecule has 2 heterocycles. The number of nitrogens with zero attached hydrogens (tertiary/aromatic N) is 5. The van der Waals surface area contributed by atoms with Crippen molar-refractivity contribution < 1.29 is 19.1 Å². The zero-order chi connectivity index (χ0) is 32.6. The Hall–Kier alpha value is -3.20. The summed E-state index contributed by atoms with van der Waals surface area (Å²) < 4.78 is 12.8. The summed E-state index contributed by atoms with van der Waals surface area (Å²) in [5.74, 6) is 0.682. The first-order valence-corrected chi connectivity index (χ1v) is 18.2. The van der Waals surface area contributed by atoms with Crippen LogP contribution >= 0.6 is 7.60 Å². The number of rotatable bonds is 21. The second kappa shape index (κ2) is 18.8. The lowest BCUT2D eigenvalue weighted by molar-refractivity contribution is -0.122. The summed E-state index contributed by atoms with van der Waals surface area (Å²) in [6.07, 6.45) is 11.4. The molecule has 254 valence electrons. The van der Waals surface area contributed by atoms with Crippen LogP contribution in [0.1, 0.15) is 63.5 Å². The quantitative estimate of drug-likeness (QED) is 0.0607. The Morgan fingerprint density at radius 3 is 2.63 bits per heavy atom. The van der Waals surface area contributed by atoms with E-state index >= 15 is 0 Å². The topological polar surface area (TPSA) is 217 Å². The second-order valence-electron chi connectivity index (χ2n) is 11.8. The zero-order valence-electron chi connectivity index (χ0n) is 26.5. The third kappa shape index (κ3) is 12.9. The van der Waals surface area contributed by atoms with Crippen molar-refractivity contribution in [2.45, 2.75) is 83.0 Å². The molecular weight excluding hydrogens is 609 g/mol. The van der Waals surface area contributed by atoms with Crippen LogP contribution in [-0.2, 0) is 22.4 Å². The number of aryl methyl sites for hydroxylation is 1. The molecule has 3 aromatic rings. The van der Waals surface area contributed by atoms with Crippen LogP contribution in [0.5, 0.6) is 0 Å². The summed E-state index contributed by atoms with van der Waals surface area (Å²) >= 11 is 0. The molecule has 0 saturated heterocycles. The molecule has 1 saturated carbocycles. The van der Waals surface area contributed by atoms with Gasteiger partial charge in [0.15, 0.2) is 0 Å². The number of hydrogen-bond acceptors (Lipinski definition) is 11. The molecule has 15 nitrogen and oxygen atoms in total. The summed E-state index contributed by atoms with van der Waals surface area (Å²) in [6.45, 7) is 4.65. The maximum Gasteiger partial charge on any atom is 0.327 e. The third-order valence-corrected chi connectivity index (χ3v) is 8.76. The van der Waals surface area contributed by atoms with E-state index in [1.807, 2.05) is 35.1 Å². The molecule has 16 heteroatoms. The fraction of sp³-hybridized carbons (Fsp3) is 0.633. The molecule has 0 unspecified atom stereocenters. The molecule has 0 aliphatic heterocycles. The summed E-state index contributed by atoms with van der Waals surface area (Å²) in [5.41, 5.74) is 7.52. The Kier molecular flexibility index (Phi) is 14.6. The van der Waals surface area contributed by atoms with E-state index in [1.54, 1.807) is 0 Å². The van der Waals surface area contributed by atoms with Gasteiger partial charge < -0.3 is 42.1 Å². The van der Waals surface area contributed by atoms with Gasteiger partial charge in [-0.1, -0.05) is 36.6 Å². The number of hydrogen-bond donors (Lipinski definition) is 8. The molecule has 1 amide bonds. The van der Waals surface area contributed by atoms with E-state index in [9.17, 15) is 9.36 Å². The average Bonchev–Trinajstić information content (AvgIpc) is 3.50. The van der Waals surface area contributed by atoms with Crippen LogP contribution < -0.4 is 32.3 Å². The van der Waals surface area contributed by atoms with Crippen LogP contribution in [0, 0.1) is 0 Å². The molecule has 1 fully saturated rings.